The fraction of sp³-hybridized carbons (Fsp3) is 0.714. The van der Waals surface area contributed by atoms with Gasteiger partial charge in [-0.1, -0.05) is 13.8 Å². The molecule has 8 nitrogen and oxygen atoms in total. The SMILES string of the molecule is BC(N)C(=O)C(C)(CC)NC(CC(=O)O)C(=O)NCC(=O)CC. The summed E-state index contributed by atoms with van der Waals surface area (Å²) in [4.78, 5) is 46.7. The fourth-order valence-electron chi connectivity index (χ4n) is 2.05. The Kier molecular flexibility index (Phi) is 8.70. The minimum Gasteiger partial charge on any atom is -0.481 e. The molecule has 0 heterocycles. The summed E-state index contributed by atoms with van der Waals surface area (Å²) >= 11 is 0. The van der Waals surface area contributed by atoms with Gasteiger partial charge in [-0.2, -0.15) is 0 Å². The highest BCUT2D eigenvalue weighted by molar-refractivity contribution is 6.25. The zero-order chi connectivity index (χ0) is 18.2. The fourth-order valence-corrected chi connectivity index (χ4v) is 2.05. The van der Waals surface area contributed by atoms with Crippen molar-refractivity contribution in [3.05, 3.63) is 0 Å². The van der Waals surface area contributed by atoms with E-state index in [1.165, 1.54) is 7.85 Å². The second kappa shape index (κ2) is 9.41. The Morgan fingerprint density at radius 3 is 2.22 bits per heavy atom. The molecule has 0 aliphatic heterocycles. The number of carboxylic acids is 1. The molecule has 0 aromatic heterocycles. The summed E-state index contributed by atoms with van der Waals surface area (Å²) in [5, 5.41) is 14.2. The number of nitrogens with two attached hydrogens (primary N) is 1. The molecule has 0 saturated carbocycles. The van der Waals surface area contributed by atoms with E-state index in [1.807, 2.05) is 0 Å². The number of nitrogens with one attached hydrogen (secondary N) is 2. The lowest BCUT2D eigenvalue weighted by Gasteiger charge is -2.33. The zero-order valence-electron chi connectivity index (χ0n) is 14.1. The molecule has 1 amide bonds. The lowest BCUT2D eigenvalue weighted by molar-refractivity contribution is -0.141. The number of carboxylic acid groups (broad SMARTS) is 1. The smallest absolute Gasteiger partial charge is 0.305 e. The van der Waals surface area contributed by atoms with Crippen molar-refractivity contribution in [2.24, 2.45) is 5.73 Å². The van der Waals surface area contributed by atoms with Crippen LogP contribution in [-0.2, 0) is 19.2 Å². The van der Waals surface area contributed by atoms with Crippen molar-refractivity contribution >= 4 is 31.3 Å². The maximum absolute atomic E-state index is 12.2. The second-order valence-electron chi connectivity index (χ2n) is 5.74. The van der Waals surface area contributed by atoms with Gasteiger partial charge in [-0.3, -0.25) is 24.5 Å². The predicted octanol–water partition coefficient (Wildman–Crippen LogP) is -1.83. The van der Waals surface area contributed by atoms with Crippen LogP contribution in [0, 0.1) is 0 Å². The highest BCUT2D eigenvalue weighted by Gasteiger charge is 2.37. The van der Waals surface area contributed by atoms with Gasteiger partial charge in [0.25, 0.3) is 0 Å². The van der Waals surface area contributed by atoms with Crippen molar-refractivity contribution in [1.82, 2.24) is 10.6 Å². The Hall–Kier alpha value is -1.74. The van der Waals surface area contributed by atoms with E-state index in [0.29, 0.717) is 6.42 Å². The van der Waals surface area contributed by atoms with Crippen LogP contribution in [0.1, 0.15) is 40.0 Å². The largest absolute Gasteiger partial charge is 0.481 e. The minimum absolute atomic E-state index is 0.169. The first-order valence-corrected chi connectivity index (χ1v) is 7.66. The number of amides is 1. The van der Waals surface area contributed by atoms with Crippen molar-refractivity contribution in [1.29, 1.82) is 0 Å². The topological polar surface area (TPSA) is 139 Å². The van der Waals surface area contributed by atoms with E-state index in [4.69, 9.17) is 10.8 Å². The van der Waals surface area contributed by atoms with E-state index in [9.17, 15) is 19.2 Å². The van der Waals surface area contributed by atoms with Crippen molar-refractivity contribution in [3.8, 4) is 0 Å². The van der Waals surface area contributed by atoms with Gasteiger partial charge in [-0.15, -0.1) is 0 Å². The molecule has 0 radical (unpaired) electrons. The molecule has 0 bridgehead atoms. The molecule has 0 fully saturated rings. The molecular formula is C14H26BN3O5. The molecule has 5 N–H and O–H groups in total. The summed E-state index contributed by atoms with van der Waals surface area (Å²) in [7, 11) is 1.53. The molecular weight excluding hydrogens is 301 g/mol. The molecule has 0 aliphatic rings. The number of hydrogen-bond donors (Lipinski definition) is 4. The van der Waals surface area contributed by atoms with E-state index in [0.717, 1.165) is 0 Å². The monoisotopic (exact) mass is 327 g/mol. The van der Waals surface area contributed by atoms with E-state index < -0.39 is 35.8 Å². The number of rotatable bonds is 11. The van der Waals surface area contributed by atoms with Crippen molar-refractivity contribution < 1.29 is 24.3 Å². The number of carbonyl (C=O) groups is 4. The predicted molar refractivity (Wildman–Crippen MR) is 87.7 cm³/mol. The number of hydrogen-bond acceptors (Lipinski definition) is 6. The number of aliphatic carboxylic acids is 1. The van der Waals surface area contributed by atoms with Crippen molar-refractivity contribution in [2.45, 2.75) is 57.6 Å². The van der Waals surface area contributed by atoms with Crippen molar-refractivity contribution in [2.75, 3.05) is 6.54 Å². The van der Waals surface area contributed by atoms with Crippen LogP contribution in [0.2, 0.25) is 0 Å². The third-order valence-electron chi connectivity index (χ3n) is 3.71. The average molecular weight is 327 g/mol. The van der Waals surface area contributed by atoms with Gasteiger partial charge in [0.2, 0.25) is 5.91 Å². The van der Waals surface area contributed by atoms with Gasteiger partial charge >= 0.3 is 5.97 Å². The normalized spacial score (nSPS) is 16.0. The van der Waals surface area contributed by atoms with E-state index in [2.05, 4.69) is 10.6 Å². The van der Waals surface area contributed by atoms with Crippen LogP contribution in [0.5, 0.6) is 0 Å². The minimum atomic E-state index is -1.19. The number of carbonyl (C=O) groups excluding carboxylic acids is 3. The van der Waals surface area contributed by atoms with Gasteiger partial charge in [-0.25, -0.2) is 0 Å². The van der Waals surface area contributed by atoms with Crippen LogP contribution >= 0.6 is 0 Å². The summed E-state index contributed by atoms with van der Waals surface area (Å²) < 4.78 is 0. The van der Waals surface area contributed by atoms with Crippen molar-refractivity contribution in [3.63, 3.8) is 0 Å². The summed E-state index contributed by atoms with van der Waals surface area (Å²) in [6.45, 7) is 4.82. The maximum atomic E-state index is 12.2. The van der Waals surface area contributed by atoms with E-state index in [-0.39, 0.29) is 24.5 Å². The molecule has 3 unspecified atom stereocenters. The molecule has 9 heteroatoms. The van der Waals surface area contributed by atoms with Gasteiger partial charge < -0.3 is 16.2 Å². The van der Waals surface area contributed by atoms with Crippen LogP contribution < -0.4 is 16.4 Å². The highest BCUT2D eigenvalue weighted by Crippen LogP contribution is 2.14. The lowest BCUT2D eigenvalue weighted by atomic mass is 9.80. The first-order valence-electron chi connectivity index (χ1n) is 7.66. The summed E-state index contributed by atoms with van der Waals surface area (Å²) in [5.74, 6) is -3.05. The molecule has 0 aromatic carbocycles. The summed E-state index contributed by atoms with van der Waals surface area (Å²) in [6, 6.07) is -1.13. The average Bonchev–Trinajstić information content (AvgIpc) is 2.49. The van der Waals surface area contributed by atoms with Gasteiger partial charge in [0, 0.05) is 12.4 Å². The third-order valence-corrected chi connectivity index (χ3v) is 3.71. The summed E-state index contributed by atoms with van der Waals surface area (Å²) in [6.07, 6.45) is 0.103. The summed E-state index contributed by atoms with van der Waals surface area (Å²) in [5.41, 5.74) is 4.49. The van der Waals surface area contributed by atoms with Gasteiger partial charge in [0.15, 0.2) is 11.6 Å². The molecule has 130 valence electrons. The number of Topliss-reactive ketones (excluding diaryl/α,β-unsaturated/α-hetero) is 2. The Bertz CT molecular complexity index is 469. The van der Waals surface area contributed by atoms with Gasteiger partial charge in [0.05, 0.1) is 24.5 Å². The second-order valence-corrected chi connectivity index (χ2v) is 5.74. The standard InChI is InChI=1S/C14H26BN3O5/c1-4-8(19)7-17-13(23)9(6-10(20)21)18-14(3,5-2)11(22)12(15)16/h9,12,18H,4-7,15-16H2,1-3H3,(H,17,23)(H,20,21). The first-order chi connectivity index (χ1) is 10.6. The Morgan fingerprint density at radius 2 is 1.83 bits per heavy atom. The van der Waals surface area contributed by atoms with E-state index in [1.54, 1.807) is 20.8 Å². The van der Waals surface area contributed by atoms with E-state index >= 15 is 0 Å². The molecule has 0 saturated heterocycles. The molecule has 3 atom stereocenters. The van der Waals surface area contributed by atoms with Crippen LogP contribution in [0.4, 0.5) is 0 Å². The van der Waals surface area contributed by atoms with Gasteiger partial charge in [-0.05, 0) is 13.3 Å². The first kappa shape index (κ1) is 21.3. The number of ketones is 2. The quantitative estimate of drug-likeness (QED) is 0.327. The molecule has 0 aromatic rings. The van der Waals surface area contributed by atoms with Gasteiger partial charge in [0.1, 0.15) is 7.85 Å². The van der Waals surface area contributed by atoms with Crippen LogP contribution in [-0.4, -0.2) is 60.5 Å². The maximum Gasteiger partial charge on any atom is 0.305 e. The van der Waals surface area contributed by atoms with Crippen LogP contribution in [0.3, 0.4) is 0 Å². The highest BCUT2D eigenvalue weighted by atomic mass is 16.4. The molecule has 0 spiro atoms. The molecule has 23 heavy (non-hydrogen) atoms. The Morgan fingerprint density at radius 1 is 1.26 bits per heavy atom. The Balaban J connectivity index is 5.15. The lowest BCUT2D eigenvalue weighted by Crippen LogP contribution is -2.61. The van der Waals surface area contributed by atoms with Crippen LogP contribution in [0.25, 0.3) is 0 Å². The van der Waals surface area contributed by atoms with Crippen LogP contribution in [0.15, 0.2) is 0 Å². The Labute approximate surface area is 137 Å². The molecule has 0 rings (SSSR count). The zero-order valence-corrected chi connectivity index (χ0v) is 14.1. The molecule has 0 aliphatic carbocycles. The third kappa shape index (κ3) is 6.92.